The Labute approximate surface area is 823 Å². The van der Waals surface area contributed by atoms with Crippen LogP contribution in [0.4, 0.5) is 9.93 Å². The summed E-state index contributed by atoms with van der Waals surface area (Å²) in [5.74, 6) is -19.5. The largest absolute Gasteiger partial charge is 0.508 e. The van der Waals surface area contributed by atoms with Crippen LogP contribution in [-0.2, 0) is 105 Å². The van der Waals surface area contributed by atoms with Crippen molar-refractivity contribution in [2.45, 2.75) is 196 Å². The first kappa shape index (κ1) is 116. The van der Waals surface area contributed by atoms with Crippen molar-refractivity contribution in [3.05, 3.63) is 114 Å². The molecule has 45 nitrogen and oxygen atoms in total. The molecule has 2 saturated heterocycles. The number of ether oxygens (including phenoxy) is 3. The number of aromatic amines is 1. The van der Waals surface area contributed by atoms with Gasteiger partial charge in [-0.15, -0.1) is 0 Å². The van der Waals surface area contributed by atoms with Crippen molar-refractivity contribution in [2.75, 3.05) is 135 Å². The van der Waals surface area contributed by atoms with E-state index in [1.165, 1.54) is 63.2 Å². The Balaban J connectivity index is 1.22. The molecule has 1 unspecified atom stereocenters. The average molecular weight is 2030 g/mol. The first-order chi connectivity index (χ1) is 66.7. The summed E-state index contributed by atoms with van der Waals surface area (Å²) in [5, 5.41) is 110. The lowest BCUT2D eigenvalue weighted by Crippen LogP contribution is -2.62. The number of H-pyrrole nitrogens is 1. The second kappa shape index (κ2) is 56.6. The molecule has 11 amide bonds. The average Bonchev–Trinajstić information content (AvgIpc) is 0.953. The number of hydrogen-bond donors (Lipinski definition) is 21. The Kier molecular flexibility index (Phi) is 46.5. The van der Waals surface area contributed by atoms with Crippen LogP contribution in [-0.4, -0.2) is 376 Å². The van der Waals surface area contributed by atoms with Gasteiger partial charge in [0.2, 0.25) is 59.1 Å². The van der Waals surface area contributed by atoms with E-state index in [2.05, 4.69) is 68.5 Å². The van der Waals surface area contributed by atoms with E-state index in [0.717, 1.165) is 35.4 Å². The highest BCUT2D eigenvalue weighted by atomic mass is 33.1. The minimum atomic E-state index is -3.86. The monoisotopic (exact) mass is 2030 g/mol. The number of carbonyl (C=O) groups is 16. The van der Waals surface area contributed by atoms with Crippen molar-refractivity contribution in [2.24, 2.45) is 5.73 Å². The fourth-order valence-electron chi connectivity index (χ4n) is 16.2. The minimum Gasteiger partial charge on any atom is -0.508 e. The standard InChI is InChI=1S/C92H133FN18O27S2Si/c1-54(112)79-88(131)104-68(87(130)107-80(55(2)113)90(134)135)53-140-139-52-67(86(129)101-64(42-57-22-24-59(114)25-23-57)84(127)102-65(43-58-46-96-61-20-14-13-19-60(58)61)85(128)100-62(82(125)106-79)21-15-16-28-94)103-83(126)63(41-56-17-11-10-12-18-56)99-74(116)44-66(81(124)95-29-38-137-39-40-138-51-75(117)105-72-45-70(136-9)71(47-97-72)141(93,91(3,4)5)92(6,7)8)98-73(115)27-26-69(89(132)133)111-36-34-109(49-77(120)121)32-30-108(48-76(118)119)31-33-110(35-37-111)50-78(122)123/h10-14,17-20,22-25,45-47,54-55,62-69,79-80,96,112-114H,15-16,21,26-44,48-53,94H2,1-9H3,(H,95,124)(H,98,115)(H,99,116)(H,100,128)(H,101,129)(H,102,127)(H,103,126)(H,104,131)(H,106,125)(H,107,130)(H,118,119)(H,120,121)(H,122,123)(H,132,133)(H,134,135)(H,97,105,117)/t54-,55-,62+,63-,64+,65-,66+,67+,68+,69?,79+,80+/m1/s1. The van der Waals surface area contributed by atoms with Gasteiger partial charge in [0, 0.05) is 131 Å². The van der Waals surface area contributed by atoms with Gasteiger partial charge in [-0.05, 0) is 91.0 Å². The van der Waals surface area contributed by atoms with E-state index in [0.29, 0.717) is 39.2 Å². The molecule has 0 spiro atoms. The number of nitrogens with one attached hydrogen (secondary N) is 12. The van der Waals surface area contributed by atoms with Gasteiger partial charge in [0.15, 0.2) is 6.04 Å². The third-order valence-electron chi connectivity index (χ3n) is 23.5. The molecule has 12 atom stereocenters. The maximum Gasteiger partial charge on any atom is 0.328 e. The van der Waals surface area contributed by atoms with Crippen LogP contribution >= 0.6 is 21.6 Å². The molecule has 2 aliphatic rings. The maximum atomic E-state index is 17.3. The summed E-state index contributed by atoms with van der Waals surface area (Å²) in [6, 6.07) is 4.18. The molecule has 0 aliphatic carbocycles. The molecule has 4 heterocycles. The zero-order chi connectivity index (χ0) is 104. The van der Waals surface area contributed by atoms with Gasteiger partial charge in [-0.1, -0.05) is 124 Å². The summed E-state index contributed by atoms with van der Waals surface area (Å²) >= 11 is 0. The van der Waals surface area contributed by atoms with Crippen molar-refractivity contribution in [3.63, 3.8) is 0 Å². The highest BCUT2D eigenvalue weighted by molar-refractivity contribution is 8.76. The lowest BCUT2D eigenvalue weighted by Gasteiger charge is -2.45. The second-order valence-electron chi connectivity index (χ2n) is 36.4. The number of nitrogens with zero attached hydrogens (tertiary/aromatic N) is 5. The number of carboxylic acid groups (broad SMARTS) is 5. The number of methoxy groups -OCH3 is 1. The first-order valence-corrected chi connectivity index (χ1v) is 50.4. The quantitative estimate of drug-likeness (QED) is 0.00927. The number of fused-ring (bicyclic) bond motifs is 1. The molecule has 5 aromatic rings. The zero-order valence-electron chi connectivity index (χ0n) is 80.3. The summed E-state index contributed by atoms with van der Waals surface area (Å²) in [6.07, 6.45) is -3.46. The third-order valence-corrected chi connectivity index (χ3v) is 31.2. The highest BCUT2D eigenvalue weighted by Crippen LogP contribution is 2.52. The van der Waals surface area contributed by atoms with Crippen LogP contribution in [0.3, 0.4) is 0 Å². The summed E-state index contributed by atoms with van der Waals surface area (Å²) in [7, 11) is -0.983. The number of nitrogens with two attached hydrogens (primary N) is 1. The van der Waals surface area contributed by atoms with E-state index in [4.69, 9.17) is 19.9 Å². The Morgan fingerprint density at radius 3 is 1.74 bits per heavy atom. The lowest BCUT2D eigenvalue weighted by molar-refractivity contribution is -0.145. The Morgan fingerprint density at radius 2 is 1.17 bits per heavy atom. The van der Waals surface area contributed by atoms with Crippen molar-refractivity contribution in [3.8, 4) is 11.5 Å². The number of aliphatic hydroxyl groups is 2. The van der Waals surface area contributed by atoms with Crippen LogP contribution in [0.2, 0.25) is 10.1 Å². The molecule has 141 heavy (non-hydrogen) atoms. The summed E-state index contributed by atoms with van der Waals surface area (Å²) in [5.41, 5.74) is 7.67. The fourth-order valence-corrected chi connectivity index (χ4v) is 23.2. The number of rotatable bonds is 44. The number of phenolic OH excluding ortho intramolecular Hbond substituents is 1. The molecule has 2 aromatic heterocycles. The van der Waals surface area contributed by atoms with E-state index in [9.17, 15) is 93.6 Å². The Morgan fingerprint density at radius 1 is 0.610 bits per heavy atom. The number of phenols is 1. The van der Waals surface area contributed by atoms with E-state index in [-0.39, 0.29) is 122 Å². The highest BCUT2D eigenvalue weighted by Gasteiger charge is 2.58. The third kappa shape index (κ3) is 37.4. The molecule has 3 aromatic carbocycles. The zero-order valence-corrected chi connectivity index (χ0v) is 82.9. The van der Waals surface area contributed by atoms with Crippen LogP contribution < -0.4 is 74.1 Å². The van der Waals surface area contributed by atoms with Crippen LogP contribution in [0.25, 0.3) is 10.9 Å². The van der Waals surface area contributed by atoms with E-state index in [1.54, 1.807) is 60.8 Å². The molecular formula is C92H133FN18O27S2Si. The number of carboxylic acids is 5. The number of pyridine rings is 1. The smallest absolute Gasteiger partial charge is 0.328 e. The number of benzene rings is 3. The van der Waals surface area contributed by atoms with Crippen molar-refractivity contribution >= 4 is 147 Å². The van der Waals surface area contributed by atoms with Gasteiger partial charge >= 0.3 is 29.8 Å². The number of hydrogen-bond acceptors (Lipinski definition) is 30. The van der Waals surface area contributed by atoms with Gasteiger partial charge in [-0.2, -0.15) is 0 Å². The summed E-state index contributed by atoms with van der Waals surface area (Å²) in [4.78, 5) is 238. The molecule has 0 bridgehead atoms. The van der Waals surface area contributed by atoms with Crippen molar-refractivity contribution in [1.29, 1.82) is 0 Å². The van der Waals surface area contributed by atoms with Crippen LogP contribution in [0.15, 0.2) is 97.3 Å². The van der Waals surface area contributed by atoms with Crippen LogP contribution in [0, 0.1) is 0 Å². The van der Waals surface area contributed by atoms with Gasteiger partial charge in [-0.25, -0.2) is 9.78 Å². The molecule has 2 fully saturated rings. The van der Waals surface area contributed by atoms with Crippen molar-refractivity contribution < 1.29 is 136 Å². The fraction of sp³-hybridized carbons (Fsp3) is 0.554. The van der Waals surface area contributed by atoms with Gasteiger partial charge in [0.1, 0.15) is 78.3 Å². The number of para-hydroxylation sites is 1. The molecule has 0 saturated carbocycles. The number of aromatic nitrogens is 2. The van der Waals surface area contributed by atoms with Crippen LogP contribution in [0.5, 0.6) is 11.5 Å². The predicted molar refractivity (Wildman–Crippen MR) is 519 cm³/mol. The predicted octanol–water partition coefficient (Wildman–Crippen LogP) is -1.35. The molecule has 0 radical (unpaired) electrons. The number of halogens is 1. The second-order valence-corrected chi connectivity index (χ2v) is 43.8. The number of aromatic hydroxyl groups is 1. The summed E-state index contributed by atoms with van der Waals surface area (Å²) < 4.78 is 34.2. The number of unbranched alkanes of at least 4 members (excludes halogenated alkanes) is 1. The normalized spacial score (nSPS) is 19.6. The SMILES string of the molecule is COc1cc(NC(=O)COCCOCCNC(=O)[C@H](CC(=O)N[C@H](Cc2ccccc2)C(=O)N[C@H]2CSSC[C@@H](C(=O)N[C@H](C(=O)O)[C@@H](C)O)NC(=O)[C@H]([C@@H](C)O)NC(=O)[C@H](CCCCN)NC(=O)[C@@H](Cc3c[nH]c4ccccc34)NC(=O)[C@H](Cc3ccc(O)cc3)NC2=O)NC(=O)CCC(C(=O)O)N2CCN(CC(=O)O)CCN(CC(=O)O)CCN(CC(=O)O)CC2)ncc1[Si](F)(C(C)(C)C)C(C)(C)C. The van der Waals surface area contributed by atoms with Gasteiger partial charge in [0.25, 0.3) is 14.3 Å². The minimum absolute atomic E-state index is 0.0163. The van der Waals surface area contributed by atoms with E-state index >= 15 is 28.1 Å². The summed E-state index contributed by atoms with van der Waals surface area (Å²) in [6.45, 7) is 9.62. The topological polar surface area (TPSA) is 663 Å². The molecular weight excluding hydrogens is 1900 g/mol. The molecule has 776 valence electrons. The Hall–Kier alpha value is -12.0. The van der Waals surface area contributed by atoms with Gasteiger partial charge in [-0.3, -0.25) is 91.5 Å². The van der Waals surface area contributed by atoms with E-state index in [1.807, 2.05) is 41.5 Å². The van der Waals surface area contributed by atoms with Gasteiger partial charge < -0.3 is 128 Å². The first-order valence-electron chi connectivity index (χ1n) is 46.1. The van der Waals surface area contributed by atoms with Gasteiger partial charge in [0.05, 0.1) is 65.2 Å². The molecule has 22 N–H and O–H groups in total. The molecule has 2 aliphatic heterocycles. The van der Waals surface area contributed by atoms with E-state index < -0.39 is 256 Å². The maximum absolute atomic E-state index is 17.3. The number of aliphatic hydroxyl groups excluding tert-OH is 2. The van der Waals surface area contributed by atoms with Crippen molar-refractivity contribution in [1.82, 2.24) is 82.7 Å². The molecule has 7 rings (SSSR count). The number of anilines is 1. The Bertz CT molecular complexity index is 5030. The van der Waals surface area contributed by atoms with Crippen LogP contribution in [0.1, 0.15) is 111 Å². The number of amides is 11. The molecule has 49 heteroatoms. The number of aliphatic carboxylic acids is 5. The lowest BCUT2D eigenvalue weighted by atomic mass is 10.0. The number of carbonyl (C=O) groups excluding carboxylic acids is 11.